The van der Waals surface area contributed by atoms with Crippen LogP contribution in [0.1, 0.15) is 48.4 Å². The number of rotatable bonds is 9. The number of fused-ring (bicyclic) bond motifs is 1. The van der Waals surface area contributed by atoms with Crippen LogP contribution in [0.15, 0.2) is 54.7 Å². The Kier molecular flexibility index (Phi) is 7.70. The highest BCUT2D eigenvalue weighted by Gasteiger charge is 2.17. The summed E-state index contributed by atoms with van der Waals surface area (Å²) in [5.41, 5.74) is 3.54. The van der Waals surface area contributed by atoms with Gasteiger partial charge >= 0.3 is 0 Å². The van der Waals surface area contributed by atoms with Crippen molar-refractivity contribution in [1.82, 2.24) is 14.9 Å². The van der Waals surface area contributed by atoms with E-state index in [1.807, 2.05) is 13.8 Å². The van der Waals surface area contributed by atoms with E-state index in [-0.39, 0.29) is 24.7 Å². The SMILES string of the molecule is CC(C)Oc1ccc(C(=O)N[C@H](CCO)Cc2ccc(-c3cn4c(n3)CCC=C4)cc2)cc1Cl. The van der Waals surface area contributed by atoms with Gasteiger partial charge in [0.15, 0.2) is 0 Å². The number of ether oxygens (including phenoxy) is 1. The monoisotopic (exact) mass is 479 g/mol. The van der Waals surface area contributed by atoms with Gasteiger partial charge in [-0.3, -0.25) is 4.79 Å². The molecule has 1 amide bonds. The molecule has 3 aromatic rings. The van der Waals surface area contributed by atoms with E-state index in [9.17, 15) is 9.90 Å². The Morgan fingerprint density at radius 3 is 2.71 bits per heavy atom. The lowest BCUT2D eigenvalue weighted by Gasteiger charge is -2.19. The number of hydrogen-bond acceptors (Lipinski definition) is 4. The van der Waals surface area contributed by atoms with Gasteiger partial charge < -0.3 is 19.7 Å². The molecule has 0 saturated heterocycles. The Hall–Kier alpha value is -3.09. The molecule has 0 fully saturated rings. The molecule has 0 bridgehead atoms. The van der Waals surface area contributed by atoms with Crippen molar-refractivity contribution in [2.45, 2.75) is 51.7 Å². The number of hydrogen-bond donors (Lipinski definition) is 2. The number of aromatic nitrogens is 2. The number of aliphatic hydroxyl groups excluding tert-OH is 1. The Balaban J connectivity index is 1.41. The number of carbonyl (C=O) groups is 1. The zero-order valence-electron chi connectivity index (χ0n) is 19.5. The van der Waals surface area contributed by atoms with Crippen molar-refractivity contribution in [3.8, 4) is 17.0 Å². The number of aryl methyl sites for hydroxylation is 1. The summed E-state index contributed by atoms with van der Waals surface area (Å²) in [6, 6.07) is 13.0. The van der Waals surface area contributed by atoms with E-state index in [4.69, 9.17) is 21.3 Å². The van der Waals surface area contributed by atoms with Crippen LogP contribution in [-0.2, 0) is 12.8 Å². The quantitative estimate of drug-likeness (QED) is 0.446. The summed E-state index contributed by atoms with van der Waals surface area (Å²) < 4.78 is 7.71. The Morgan fingerprint density at radius 2 is 2.03 bits per heavy atom. The highest BCUT2D eigenvalue weighted by Crippen LogP contribution is 2.27. The average molecular weight is 480 g/mol. The van der Waals surface area contributed by atoms with E-state index in [0.29, 0.717) is 29.2 Å². The number of carbonyl (C=O) groups excluding carboxylic acids is 1. The van der Waals surface area contributed by atoms with E-state index < -0.39 is 0 Å². The van der Waals surface area contributed by atoms with Gasteiger partial charge in [-0.1, -0.05) is 41.9 Å². The van der Waals surface area contributed by atoms with Gasteiger partial charge in [0.05, 0.1) is 16.8 Å². The van der Waals surface area contributed by atoms with Crippen LogP contribution in [0.5, 0.6) is 5.75 Å². The lowest BCUT2D eigenvalue weighted by atomic mass is 10.0. The van der Waals surface area contributed by atoms with Crippen LogP contribution in [0.3, 0.4) is 0 Å². The number of amides is 1. The third kappa shape index (κ3) is 5.88. The number of benzene rings is 2. The Morgan fingerprint density at radius 1 is 1.24 bits per heavy atom. The maximum absolute atomic E-state index is 12.8. The van der Waals surface area contributed by atoms with Crippen molar-refractivity contribution in [1.29, 1.82) is 0 Å². The Bertz CT molecular complexity index is 1170. The second kappa shape index (κ2) is 10.9. The predicted molar refractivity (Wildman–Crippen MR) is 135 cm³/mol. The number of nitrogens with zero attached hydrogens (tertiary/aromatic N) is 2. The summed E-state index contributed by atoms with van der Waals surface area (Å²) in [6.45, 7) is 3.82. The molecule has 0 aliphatic carbocycles. The number of nitrogens with one attached hydrogen (secondary N) is 1. The fourth-order valence-electron chi connectivity index (χ4n) is 4.02. The minimum absolute atomic E-state index is 0.00614. The van der Waals surface area contributed by atoms with Gasteiger partial charge in [-0.25, -0.2) is 4.98 Å². The fraction of sp³-hybridized carbons (Fsp3) is 0.333. The molecule has 7 heteroatoms. The average Bonchev–Trinajstić information content (AvgIpc) is 3.25. The maximum atomic E-state index is 12.8. The molecule has 2 aromatic carbocycles. The first kappa shape index (κ1) is 24.0. The van der Waals surface area contributed by atoms with E-state index in [1.165, 1.54) is 0 Å². The zero-order valence-corrected chi connectivity index (χ0v) is 20.3. The fourth-order valence-corrected chi connectivity index (χ4v) is 4.25. The molecule has 6 nitrogen and oxygen atoms in total. The van der Waals surface area contributed by atoms with Gasteiger partial charge in [0.25, 0.3) is 5.91 Å². The van der Waals surface area contributed by atoms with Crippen molar-refractivity contribution in [2.75, 3.05) is 6.61 Å². The number of imidazole rings is 1. The molecule has 1 aromatic heterocycles. The van der Waals surface area contributed by atoms with Crippen LogP contribution >= 0.6 is 11.6 Å². The van der Waals surface area contributed by atoms with Gasteiger partial charge in [-0.15, -0.1) is 0 Å². The van der Waals surface area contributed by atoms with Crippen molar-refractivity contribution < 1.29 is 14.6 Å². The molecule has 0 spiro atoms. The maximum Gasteiger partial charge on any atom is 0.251 e. The largest absolute Gasteiger partial charge is 0.489 e. The number of aliphatic hydroxyl groups is 1. The summed E-state index contributed by atoms with van der Waals surface area (Å²) in [6.07, 6.45) is 9.30. The van der Waals surface area contributed by atoms with Gasteiger partial charge in [0.1, 0.15) is 11.6 Å². The molecule has 34 heavy (non-hydrogen) atoms. The third-order valence-electron chi connectivity index (χ3n) is 5.71. The summed E-state index contributed by atoms with van der Waals surface area (Å²) in [4.78, 5) is 17.6. The van der Waals surface area contributed by atoms with Crippen molar-refractivity contribution in [3.63, 3.8) is 0 Å². The zero-order chi connectivity index (χ0) is 24.1. The molecule has 1 atom stereocenters. The summed E-state index contributed by atoms with van der Waals surface area (Å²) >= 11 is 6.29. The van der Waals surface area contributed by atoms with Crippen LogP contribution in [0.25, 0.3) is 17.5 Å². The lowest BCUT2D eigenvalue weighted by molar-refractivity contribution is 0.0930. The van der Waals surface area contributed by atoms with Gasteiger partial charge in [0, 0.05) is 42.6 Å². The first-order valence-electron chi connectivity index (χ1n) is 11.6. The van der Waals surface area contributed by atoms with Crippen LogP contribution in [0.4, 0.5) is 0 Å². The van der Waals surface area contributed by atoms with E-state index in [0.717, 1.165) is 35.5 Å². The van der Waals surface area contributed by atoms with E-state index in [2.05, 4.69) is 52.6 Å². The van der Waals surface area contributed by atoms with Crippen LogP contribution in [0, 0.1) is 0 Å². The lowest BCUT2D eigenvalue weighted by Crippen LogP contribution is -2.37. The van der Waals surface area contributed by atoms with Crippen LogP contribution in [-0.4, -0.2) is 39.3 Å². The smallest absolute Gasteiger partial charge is 0.251 e. The van der Waals surface area contributed by atoms with Gasteiger partial charge in [-0.2, -0.15) is 0 Å². The van der Waals surface area contributed by atoms with Crippen LogP contribution < -0.4 is 10.1 Å². The molecule has 178 valence electrons. The standard InChI is InChI=1S/C27H30ClN3O3/c1-18(2)34-25-11-10-21(16-23(25)28)27(33)29-22(12-14-32)15-19-6-8-20(9-7-19)24-17-31-13-4-3-5-26(31)30-24/h4,6-11,13,16-18,22,32H,3,5,12,14-15H2,1-2H3,(H,29,33)/t22-/m1/s1. The molecular formula is C27H30ClN3O3. The molecule has 2 N–H and O–H groups in total. The highest BCUT2D eigenvalue weighted by atomic mass is 35.5. The van der Waals surface area contributed by atoms with Gasteiger partial charge in [0.2, 0.25) is 0 Å². The van der Waals surface area contributed by atoms with Crippen molar-refractivity contribution in [3.05, 3.63) is 76.7 Å². The summed E-state index contributed by atoms with van der Waals surface area (Å²) in [7, 11) is 0. The van der Waals surface area contributed by atoms with Crippen LogP contribution in [0.2, 0.25) is 5.02 Å². The molecule has 4 rings (SSSR count). The second-order valence-electron chi connectivity index (χ2n) is 8.77. The summed E-state index contributed by atoms with van der Waals surface area (Å²) in [5, 5.41) is 13.0. The van der Waals surface area contributed by atoms with Crippen molar-refractivity contribution >= 4 is 23.7 Å². The third-order valence-corrected chi connectivity index (χ3v) is 6.01. The number of allylic oxidation sites excluding steroid dienone is 1. The highest BCUT2D eigenvalue weighted by molar-refractivity contribution is 6.32. The van der Waals surface area contributed by atoms with Gasteiger partial charge in [-0.05, 0) is 56.9 Å². The van der Waals surface area contributed by atoms with E-state index >= 15 is 0 Å². The van der Waals surface area contributed by atoms with E-state index in [1.54, 1.807) is 18.2 Å². The molecule has 1 aliphatic heterocycles. The molecular weight excluding hydrogens is 450 g/mol. The molecule has 0 saturated carbocycles. The normalized spacial score (nSPS) is 13.6. The Labute approximate surface area is 205 Å². The molecule has 1 aliphatic rings. The molecule has 2 heterocycles. The first-order chi connectivity index (χ1) is 16.4. The molecule has 0 unspecified atom stereocenters. The molecule has 0 radical (unpaired) electrons. The predicted octanol–water partition coefficient (Wildman–Crippen LogP) is 5.13. The minimum Gasteiger partial charge on any atom is -0.489 e. The second-order valence-corrected chi connectivity index (χ2v) is 9.18. The summed E-state index contributed by atoms with van der Waals surface area (Å²) in [5.74, 6) is 1.40. The van der Waals surface area contributed by atoms with Crippen molar-refractivity contribution in [2.24, 2.45) is 0 Å². The first-order valence-corrected chi connectivity index (χ1v) is 12.0. The topological polar surface area (TPSA) is 76.4 Å². The number of halogens is 1. The minimum atomic E-state index is -0.232.